The maximum atomic E-state index is 12.4. The van der Waals surface area contributed by atoms with Crippen molar-refractivity contribution in [3.05, 3.63) is 54.1 Å². The van der Waals surface area contributed by atoms with Crippen LogP contribution in [0.2, 0.25) is 0 Å². The van der Waals surface area contributed by atoms with E-state index in [9.17, 15) is 18.0 Å². The molecule has 2 aromatic carbocycles. The molecular weight excluding hydrogens is 398 g/mol. The fourth-order valence-electron chi connectivity index (χ4n) is 3.02. The molecule has 2 aromatic rings. The summed E-state index contributed by atoms with van der Waals surface area (Å²) < 4.78 is 37.5. The molecule has 8 nitrogen and oxygen atoms in total. The van der Waals surface area contributed by atoms with Crippen molar-refractivity contribution in [1.82, 2.24) is 0 Å². The Balaban J connectivity index is 1.57. The van der Waals surface area contributed by atoms with Gasteiger partial charge in [0.15, 0.2) is 0 Å². The van der Waals surface area contributed by atoms with Crippen molar-refractivity contribution in [2.75, 3.05) is 31.4 Å². The maximum Gasteiger partial charge on any atom is 0.337 e. The molecule has 0 saturated carbocycles. The molecule has 1 aliphatic rings. The van der Waals surface area contributed by atoms with Crippen molar-refractivity contribution < 1.29 is 31.7 Å². The minimum absolute atomic E-state index is 0.00901. The number of nitrogens with zero attached hydrogens (tertiary/aromatic N) is 1. The van der Waals surface area contributed by atoms with Gasteiger partial charge >= 0.3 is 16.1 Å². The van der Waals surface area contributed by atoms with Gasteiger partial charge in [-0.1, -0.05) is 0 Å². The van der Waals surface area contributed by atoms with Crippen molar-refractivity contribution in [2.45, 2.75) is 6.42 Å². The second-order valence-electron chi connectivity index (χ2n) is 6.68. The number of ether oxygens (including phenoxy) is 2. The van der Waals surface area contributed by atoms with Gasteiger partial charge in [-0.2, -0.15) is 8.42 Å². The van der Waals surface area contributed by atoms with Crippen LogP contribution in [-0.2, 0) is 19.6 Å². The zero-order chi connectivity index (χ0) is 21.0. The maximum absolute atomic E-state index is 12.4. The number of carbonyl (C=O) groups is 2. The highest BCUT2D eigenvalue weighted by atomic mass is 32.2. The second-order valence-corrected chi connectivity index (χ2v) is 8.26. The van der Waals surface area contributed by atoms with Gasteiger partial charge in [-0.3, -0.25) is 4.79 Å². The van der Waals surface area contributed by atoms with Crippen molar-refractivity contribution >= 4 is 27.7 Å². The molecule has 1 unspecified atom stereocenters. The Kier molecular flexibility index (Phi) is 6.07. The SMILES string of the molecule is COC(=O)c1ccc(OCC2CC(=O)N(c3ccc(OS(C)(=O)=O)cc3)C2)cc1. The van der Waals surface area contributed by atoms with E-state index in [1.165, 1.54) is 19.2 Å². The summed E-state index contributed by atoms with van der Waals surface area (Å²) in [5.74, 6) is 0.358. The van der Waals surface area contributed by atoms with Crippen LogP contribution < -0.4 is 13.8 Å². The lowest BCUT2D eigenvalue weighted by Crippen LogP contribution is -2.25. The van der Waals surface area contributed by atoms with Gasteiger partial charge < -0.3 is 18.6 Å². The highest BCUT2D eigenvalue weighted by Gasteiger charge is 2.31. The van der Waals surface area contributed by atoms with E-state index in [1.54, 1.807) is 41.3 Å². The van der Waals surface area contributed by atoms with E-state index in [4.69, 9.17) is 8.92 Å². The first-order chi connectivity index (χ1) is 13.7. The molecule has 1 atom stereocenters. The third-order valence-electron chi connectivity index (χ3n) is 4.36. The Bertz CT molecular complexity index is 984. The molecule has 0 aromatic heterocycles. The summed E-state index contributed by atoms with van der Waals surface area (Å²) in [6.45, 7) is 0.848. The zero-order valence-corrected chi connectivity index (χ0v) is 16.8. The summed E-state index contributed by atoms with van der Waals surface area (Å²) in [5.41, 5.74) is 1.10. The van der Waals surface area contributed by atoms with Crippen LogP contribution in [0.1, 0.15) is 16.8 Å². The van der Waals surface area contributed by atoms with Gasteiger partial charge in [0.25, 0.3) is 0 Å². The molecule has 1 amide bonds. The monoisotopic (exact) mass is 419 g/mol. The van der Waals surface area contributed by atoms with E-state index in [0.29, 0.717) is 36.6 Å². The van der Waals surface area contributed by atoms with E-state index in [0.717, 1.165) is 6.26 Å². The van der Waals surface area contributed by atoms with Crippen LogP contribution in [-0.4, -0.2) is 46.8 Å². The Morgan fingerprint density at radius 2 is 1.69 bits per heavy atom. The highest BCUT2D eigenvalue weighted by molar-refractivity contribution is 7.86. The number of benzene rings is 2. The second kappa shape index (κ2) is 8.52. The molecule has 29 heavy (non-hydrogen) atoms. The van der Waals surface area contributed by atoms with Crippen molar-refractivity contribution in [3.8, 4) is 11.5 Å². The van der Waals surface area contributed by atoms with Crippen LogP contribution >= 0.6 is 0 Å². The van der Waals surface area contributed by atoms with E-state index < -0.39 is 16.1 Å². The van der Waals surface area contributed by atoms with Crippen molar-refractivity contribution in [2.24, 2.45) is 5.92 Å². The third kappa shape index (κ3) is 5.47. The molecule has 0 radical (unpaired) electrons. The Morgan fingerprint density at radius 3 is 2.28 bits per heavy atom. The first-order valence-electron chi connectivity index (χ1n) is 8.86. The van der Waals surface area contributed by atoms with E-state index in [1.807, 2.05) is 0 Å². The number of hydrogen-bond acceptors (Lipinski definition) is 7. The lowest BCUT2D eigenvalue weighted by Gasteiger charge is -2.17. The minimum Gasteiger partial charge on any atom is -0.493 e. The van der Waals surface area contributed by atoms with E-state index in [-0.39, 0.29) is 17.6 Å². The first kappa shape index (κ1) is 20.7. The van der Waals surface area contributed by atoms with Gasteiger partial charge in [0, 0.05) is 24.6 Å². The molecule has 1 saturated heterocycles. The molecule has 154 valence electrons. The lowest BCUT2D eigenvalue weighted by molar-refractivity contribution is -0.117. The van der Waals surface area contributed by atoms with Gasteiger partial charge in [0.1, 0.15) is 11.5 Å². The molecule has 3 rings (SSSR count). The van der Waals surface area contributed by atoms with Crippen molar-refractivity contribution in [1.29, 1.82) is 0 Å². The average molecular weight is 419 g/mol. The molecule has 1 aliphatic heterocycles. The lowest BCUT2D eigenvalue weighted by atomic mass is 10.1. The topological polar surface area (TPSA) is 99.2 Å². The fraction of sp³-hybridized carbons (Fsp3) is 0.300. The van der Waals surface area contributed by atoms with Crippen LogP contribution in [0.15, 0.2) is 48.5 Å². The molecule has 0 spiro atoms. The standard InChI is InChI=1S/C20H21NO7S/c1-26-20(23)15-3-7-17(8-4-15)27-13-14-11-19(22)21(12-14)16-5-9-18(10-6-16)28-29(2,24)25/h3-10,14H,11-13H2,1-2H3. The summed E-state index contributed by atoms with van der Waals surface area (Å²) in [6, 6.07) is 12.9. The molecule has 9 heteroatoms. The number of hydrogen-bond donors (Lipinski definition) is 0. The van der Waals surface area contributed by atoms with Crippen LogP contribution in [0, 0.1) is 5.92 Å². The van der Waals surface area contributed by atoms with Gasteiger partial charge in [-0.25, -0.2) is 4.79 Å². The van der Waals surface area contributed by atoms with Crippen LogP contribution in [0.4, 0.5) is 5.69 Å². The summed E-state index contributed by atoms with van der Waals surface area (Å²) in [4.78, 5) is 25.4. The van der Waals surface area contributed by atoms with Crippen LogP contribution in [0.3, 0.4) is 0 Å². The first-order valence-corrected chi connectivity index (χ1v) is 10.7. The Labute approximate surface area is 169 Å². The highest BCUT2D eigenvalue weighted by Crippen LogP contribution is 2.27. The molecule has 0 aliphatic carbocycles. The Morgan fingerprint density at radius 1 is 1.07 bits per heavy atom. The quantitative estimate of drug-likeness (QED) is 0.501. The van der Waals surface area contributed by atoms with Gasteiger partial charge in [0.05, 0.1) is 25.5 Å². The van der Waals surface area contributed by atoms with Gasteiger partial charge in [0.2, 0.25) is 5.91 Å². The van der Waals surface area contributed by atoms with Crippen LogP contribution in [0.25, 0.3) is 0 Å². The molecular formula is C20H21NO7S. The average Bonchev–Trinajstić information content (AvgIpc) is 3.06. The Hall–Kier alpha value is -3.07. The number of anilines is 1. The number of carbonyl (C=O) groups excluding carboxylic acids is 2. The molecule has 0 N–H and O–H groups in total. The summed E-state index contributed by atoms with van der Waals surface area (Å²) in [7, 11) is -2.27. The number of esters is 1. The summed E-state index contributed by atoms with van der Waals surface area (Å²) in [5, 5.41) is 0. The molecule has 1 heterocycles. The minimum atomic E-state index is -3.59. The summed E-state index contributed by atoms with van der Waals surface area (Å²) >= 11 is 0. The van der Waals surface area contributed by atoms with Crippen molar-refractivity contribution in [3.63, 3.8) is 0 Å². The predicted octanol–water partition coefficient (Wildman–Crippen LogP) is 2.24. The third-order valence-corrected chi connectivity index (χ3v) is 4.86. The van der Waals surface area contributed by atoms with E-state index >= 15 is 0 Å². The summed E-state index contributed by atoms with van der Waals surface area (Å²) in [6.07, 6.45) is 1.32. The number of rotatable bonds is 7. The number of methoxy groups -OCH3 is 1. The smallest absolute Gasteiger partial charge is 0.337 e. The zero-order valence-electron chi connectivity index (χ0n) is 16.0. The normalized spacial score (nSPS) is 16.6. The predicted molar refractivity (Wildman–Crippen MR) is 106 cm³/mol. The van der Waals surface area contributed by atoms with E-state index in [2.05, 4.69) is 4.74 Å². The van der Waals surface area contributed by atoms with Gasteiger partial charge in [-0.15, -0.1) is 0 Å². The fourth-order valence-corrected chi connectivity index (χ4v) is 3.48. The van der Waals surface area contributed by atoms with Crippen LogP contribution in [0.5, 0.6) is 11.5 Å². The molecule has 1 fully saturated rings. The largest absolute Gasteiger partial charge is 0.493 e. The molecule has 0 bridgehead atoms. The van der Waals surface area contributed by atoms with Gasteiger partial charge in [-0.05, 0) is 48.5 Å². The number of amides is 1.